The van der Waals surface area contributed by atoms with Gasteiger partial charge in [-0.2, -0.15) is 0 Å². The van der Waals surface area contributed by atoms with Crippen molar-refractivity contribution in [3.63, 3.8) is 0 Å². The van der Waals surface area contributed by atoms with Gasteiger partial charge in [0, 0.05) is 11.7 Å². The average molecular weight is 288 g/mol. The maximum absolute atomic E-state index is 12.3. The number of anilines is 1. The molecule has 0 bridgehead atoms. The molecule has 3 nitrogen and oxygen atoms in total. The predicted octanol–water partition coefficient (Wildman–Crippen LogP) is 4.66. The Labute approximate surface area is 128 Å². The summed E-state index contributed by atoms with van der Waals surface area (Å²) in [6.07, 6.45) is 9.18. The van der Waals surface area contributed by atoms with Crippen molar-refractivity contribution >= 4 is 11.7 Å². The third-order valence-electron chi connectivity index (χ3n) is 4.43. The Hall–Kier alpha value is -1.51. The van der Waals surface area contributed by atoms with Crippen LogP contribution in [0.15, 0.2) is 18.2 Å². The molecule has 1 fully saturated rings. The number of hydrogen-bond acceptors (Lipinski definition) is 1. The van der Waals surface area contributed by atoms with E-state index < -0.39 is 0 Å². The molecule has 0 aliphatic heterocycles. The summed E-state index contributed by atoms with van der Waals surface area (Å²) in [5, 5.41) is 6.26. The fraction of sp³-hybridized carbons (Fsp3) is 0.611. The molecule has 1 aromatic carbocycles. The number of carbonyl (C=O) groups excluding carboxylic acids is 1. The van der Waals surface area contributed by atoms with E-state index in [1.54, 1.807) is 0 Å². The number of carbonyl (C=O) groups is 1. The van der Waals surface area contributed by atoms with Crippen LogP contribution in [-0.4, -0.2) is 12.1 Å². The topological polar surface area (TPSA) is 41.1 Å². The van der Waals surface area contributed by atoms with Gasteiger partial charge in [0.1, 0.15) is 0 Å². The zero-order valence-corrected chi connectivity index (χ0v) is 13.4. The Balaban J connectivity index is 2.01. The molecule has 3 heteroatoms. The second-order valence-corrected chi connectivity index (χ2v) is 5.95. The first-order valence-electron chi connectivity index (χ1n) is 8.42. The summed E-state index contributed by atoms with van der Waals surface area (Å²) in [6.45, 7) is 4.26. The molecule has 1 aromatic rings. The summed E-state index contributed by atoms with van der Waals surface area (Å²) in [7, 11) is 0. The van der Waals surface area contributed by atoms with Gasteiger partial charge < -0.3 is 10.6 Å². The van der Waals surface area contributed by atoms with E-state index in [1.165, 1.54) is 36.8 Å². The number of rotatable bonds is 4. The van der Waals surface area contributed by atoms with Crippen LogP contribution in [-0.2, 0) is 12.8 Å². The normalized spacial score (nSPS) is 16.3. The highest BCUT2D eigenvalue weighted by Crippen LogP contribution is 2.23. The molecule has 1 saturated carbocycles. The molecule has 2 N–H and O–H groups in total. The van der Waals surface area contributed by atoms with E-state index in [1.807, 2.05) is 0 Å². The summed E-state index contributed by atoms with van der Waals surface area (Å²) in [5.74, 6) is 0. The van der Waals surface area contributed by atoms with Crippen LogP contribution in [0.25, 0.3) is 0 Å². The number of urea groups is 1. The van der Waals surface area contributed by atoms with E-state index in [-0.39, 0.29) is 6.03 Å². The largest absolute Gasteiger partial charge is 0.335 e. The molecular formula is C18H28N2O. The molecule has 2 amide bonds. The number of amides is 2. The first-order chi connectivity index (χ1) is 10.2. The van der Waals surface area contributed by atoms with Crippen LogP contribution in [0, 0.1) is 0 Å². The quantitative estimate of drug-likeness (QED) is 0.778. The highest BCUT2D eigenvalue weighted by atomic mass is 16.2. The van der Waals surface area contributed by atoms with Gasteiger partial charge in [0.05, 0.1) is 0 Å². The molecule has 21 heavy (non-hydrogen) atoms. The fourth-order valence-corrected chi connectivity index (χ4v) is 3.16. The molecule has 0 spiro atoms. The van der Waals surface area contributed by atoms with Crippen molar-refractivity contribution < 1.29 is 4.79 Å². The van der Waals surface area contributed by atoms with Crippen LogP contribution in [0.3, 0.4) is 0 Å². The SMILES string of the molecule is CCc1cccc(CC)c1NC(=O)NC1CCCCCC1. The second-order valence-electron chi connectivity index (χ2n) is 5.95. The molecule has 0 heterocycles. The minimum atomic E-state index is -0.0440. The van der Waals surface area contributed by atoms with Crippen LogP contribution in [0.1, 0.15) is 63.5 Å². The van der Waals surface area contributed by atoms with Crippen molar-refractivity contribution in [2.45, 2.75) is 71.3 Å². The third kappa shape index (κ3) is 4.48. The predicted molar refractivity (Wildman–Crippen MR) is 88.8 cm³/mol. The first-order valence-corrected chi connectivity index (χ1v) is 8.42. The average Bonchev–Trinajstić information content (AvgIpc) is 2.76. The zero-order valence-electron chi connectivity index (χ0n) is 13.4. The summed E-state index contributed by atoms with van der Waals surface area (Å²) in [6, 6.07) is 6.57. The molecule has 116 valence electrons. The molecule has 0 atom stereocenters. The van der Waals surface area contributed by atoms with Gasteiger partial charge in [-0.15, -0.1) is 0 Å². The minimum absolute atomic E-state index is 0.0440. The van der Waals surface area contributed by atoms with E-state index in [2.05, 4.69) is 42.7 Å². The number of nitrogens with one attached hydrogen (secondary N) is 2. The molecule has 1 aliphatic rings. The van der Waals surface area contributed by atoms with Gasteiger partial charge >= 0.3 is 6.03 Å². The molecular weight excluding hydrogens is 260 g/mol. The van der Waals surface area contributed by atoms with Gasteiger partial charge in [-0.05, 0) is 36.8 Å². The Morgan fingerprint density at radius 1 is 1.05 bits per heavy atom. The zero-order chi connectivity index (χ0) is 15.1. The fourth-order valence-electron chi connectivity index (χ4n) is 3.16. The first kappa shape index (κ1) is 15.9. The van der Waals surface area contributed by atoms with Crippen LogP contribution < -0.4 is 10.6 Å². The lowest BCUT2D eigenvalue weighted by molar-refractivity contribution is 0.247. The van der Waals surface area contributed by atoms with Crippen molar-refractivity contribution in [2.75, 3.05) is 5.32 Å². The van der Waals surface area contributed by atoms with Gasteiger partial charge in [-0.1, -0.05) is 57.7 Å². The standard InChI is InChI=1S/C18H28N2O/c1-3-14-10-9-11-15(4-2)17(14)20-18(21)19-16-12-7-5-6-8-13-16/h9-11,16H,3-8,12-13H2,1-2H3,(H2,19,20,21). The summed E-state index contributed by atoms with van der Waals surface area (Å²) >= 11 is 0. The Kier molecular flexibility index (Phi) is 6.09. The van der Waals surface area contributed by atoms with E-state index in [9.17, 15) is 4.79 Å². The molecule has 0 aromatic heterocycles. The van der Waals surface area contributed by atoms with E-state index >= 15 is 0 Å². The number of hydrogen-bond donors (Lipinski definition) is 2. The molecule has 0 unspecified atom stereocenters. The van der Waals surface area contributed by atoms with Crippen molar-refractivity contribution in [1.29, 1.82) is 0 Å². The van der Waals surface area contributed by atoms with Crippen molar-refractivity contribution in [2.24, 2.45) is 0 Å². The minimum Gasteiger partial charge on any atom is -0.335 e. The Bertz CT molecular complexity index is 440. The van der Waals surface area contributed by atoms with Gasteiger partial charge in [-0.25, -0.2) is 4.79 Å². The Morgan fingerprint density at radius 2 is 1.62 bits per heavy atom. The lowest BCUT2D eigenvalue weighted by Crippen LogP contribution is -2.38. The number of benzene rings is 1. The molecule has 2 rings (SSSR count). The summed E-state index contributed by atoms with van der Waals surface area (Å²) in [4.78, 5) is 12.3. The maximum Gasteiger partial charge on any atom is 0.319 e. The van der Waals surface area contributed by atoms with E-state index in [0.717, 1.165) is 31.4 Å². The van der Waals surface area contributed by atoms with Crippen LogP contribution in [0.4, 0.5) is 10.5 Å². The third-order valence-corrected chi connectivity index (χ3v) is 4.43. The number of aryl methyl sites for hydroxylation is 2. The summed E-state index contributed by atoms with van der Waals surface area (Å²) in [5.41, 5.74) is 3.43. The van der Waals surface area contributed by atoms with E-state index in [4.69, 9.17) is 0 Å². The number of para-hydroxylation sites is 1. The monoisotopic (exact) mass is 288 g/mol. The lowest BCUT2D eigenvalue weighted by atomic mass is 10.0. The van der Waals surface area contributed by atoms with Gasteiger partial charge in [-0.3, -0.25) is 0 Å². The molecule has 0 radical (unpaired) electrons. The van der Waals surface area contributed by atoms with Crippen LogP contribution >= 0.6 is 0 Å². The van der Waals surface area contributed by atoms with Crippen LogP contribution in [0.5, 0.6) is 0 Å². The van der Waals surface area contributed by atoms with Gasteiger partial charge in [0.15, 0.2) is 0 Å². The highest BCUT2D eigenvalue weighted by molar-refractivity contribution is 5.91. The van der Waals surface area contributed by atoms with E-state index in [0.29, 0.717) is 6.04 Å². The Morgan fingerprint density at radius 3 is 2.14 bits per heavy atom. The second kappa shape index (κ2) is 8.06. The van der Waals surface area contributed by atoms with Gasteiger partial charge in [0.2, 0.25) is 0 Å². The van der Waals surface area contributed by atoms with Crippen molar-refractivity contribution in [3.8, 4) is 0 Å². The highest BCUT2D eigenvalue weighted by Gasteiger charge is 2.16. The summed E-state index contributed by atoms with van der Waals surface area (Å²) < 4.78 is 0. The maximum atomic E-state index is 12.3. The van der Waals surface area contributed by atoms with Gasteiger partial charge in [0.25, 0.3) is 0 Å². The van der Waals surface area contributed by atoms with Crippen LogP contribution in [0.2, 0.25) is 0 Å². The van der Waals surface area contributed by atoms with Crippen molar-refractivity contribution in [3.05, 3.63) is 29.3 Å². The molecule has 1 aliphatic carbocycles. The molecule has 0 saturated heterocycles. The van der Waals surface area contributed by atoms with Crippen molar-refractivity contribution in [1.82, 2.24) is 5.32 Å². The smallest absolute Gasteiger partial charge is 0.319 e. The lowest BCUT2D eigenvalue weighted by Gasteiger charge is -2.19.